The zero-order valence-corrected chi connectivity index (χ0v) is 39.7. The van der Waals surface area contributed by atoms with Crippen molar-refractivity contribution >= 4 is 23.6 Å². The third-order valence-electron chi connectivity index (χ3n) is 10.4. The van der Waals surface area contributed by atoms with Crippen LogP contribution in [-0.4, -0.2) is 90.5 Å². The van der Waals surface area contributed by atoms with Gasteiger partial charge in [-0.1, -0.05) is 30.7 Å². The molecule has 0 heterocycles. The minimum Gasteiger partial charge on any atom is -0.497 e. The maximum Gasteiger partial charge on any atom is 0.243 e. The van der Waals surface area contributed by atoms with E-state index in [0.29, 0.717) is 75.0 Å². The Labute approximate surface area is 389 Å². The topological polar surface area (TPSA) is 224 Å². The lowest BCUT2D eigenvalue weighted by molar-refractivity contribution is -0.128. The zero-order valence-electron chi connectivity index (χ0n) is 39.7. The van der Waals surface area contributed by atoms with Gasteiger partial charge in [0.2, 0.25) is 23.6 Å². The van der Waals surface area contributed by atoms with Gasteiger partial charge in [0.05, 0.1) is 59.8 Å². The number of hydrogen-bond donors (Lipinski definition) is 6. The maximum atomic E-state index is 13.4. The molecule has 4 rings (SSSR count). The first-order valence-electron chi connectivity index (χ1n) is 22.3. The summed E-state index contributed by atoms with van der Waals surface area (Å²) in [5.74, 6) is 3.04. The molecule has 0 aliphatic carbocycles. The van der Waals surface area contributed by atoms with Crippen molar-refractivity contribution < 1.29 is 47.6 Å². The molecule has 4 unspecified atom stereocenters. The molecule has 0 bridgehead atoms. The number of unbranched alkanes of at least 4 members (excludes halogenated alkanes) is 2. The maximum absolute atomic E-state index is 13.4. The van der Waals surface area contributed by atoms with E-state index in [-0.39, 0.29) is 23.6 Å². The Morgan fingerprint density at radius 3 is 1.41 bits per heavy atom. The molecule has 0 aromatic heterocycles. The molecule has 4 atom stereocenters. The second-order valence-corrected chi connectivity index (χ2v) is 15.2. The van der Waals surface area contributed by atoms with E-state index in [0.717, 1.165) is 46.6 Å². The smallest absolute Gasteiger partial charge is 0.243 e. The van der Waals surface area contributed by atoms with Crippen LogP contribution >= 0.6 is 0 Å². The largest absolute Gasteiger partial charge is 0.497 e. The molecular weight excluding hydrogens is 845 g/mol. The Kier molecular flexibility index (Phi) is 23.7. The number of amides is 4. The quantitative estimate of drug-likeness (QED) is 0.0407. The molecule has 16 nitrogen and oxygen atoms in total. The van der Waals surface area contributed by atoms with E-state index in [9.17, 15) is 19.2 Å². The number of rotatable bonds is 26. The lowest BCUT2D eigenvalue weighted by atomic mass is 9.96. The second-order valence-electron chi connectivity index (χ2n) is 15.2. The van der Waals surface area contributed by atoms with Crippen LogP contribution in [0.4, 0.5) is 0 Å². The lowest BCUT2D eigenvalue weighted by Crippen LogP contribution is -2.47. The molecule has 8 N–H and O–H groups in total. The number of nitrogens with one attached hydrogen (secondary N) is 4. The highest BCUT2D eigenvalue weighted by Gasteiger charge is 2.27. The average Bonchev–Trinajstić information content (AvgIpc) is 3.32. The van der Waals surface area contributed by atoms with Crippen LogP contribution in [0.15, 0.2) is 84.9 Å². The van der Waals surface area contributed by atoms with Crippen molar-refractivity contribution in [2.75, 3.05) is 54.7 Å². The molecule has 4 amide bonds. The van der Waals surface area contributed by atoms with Gasteiger partial charge in [0.25, 0.3) is 0 Å². The fraction of sp³-hybridized carbons (Fsp3) is 0.440. The van der Waals surface area contributed by atoms with Crippen LogP contribution in [0.1, 0.15) is 101 Å². The van der Waals surface area contributed by atoms with Crippen molar-refractivity contribution in [2.45, 2.75) is 90.4 Å². The fourth-order valence-corrected chi connectivity index (χ4v) is 7.03. The molecular formula is C50H70N6O10. The molecule has 0 saturated heterocycles. The first-order chi connectivity index (χ1) is 31.8. The molecule has 4 aromatic carbocycles. The molecule has 0 radical (unpaired) electrons. The number of carbonyl (C=O) groups excluding carboxylic acids is 4. The summed E-state index contributed by atoms with van der Waals surface area (Å²) in [7, 11) is 6.32. The van der Waals surface area contributed by atoms with E-state index in [1.54, 1.807) is 46.6 Å². The first-order valence-corrected chi connectivity index (χ1v) is 22.3. The van der Waals surface area contributed by atoms with Crippen LogP contribution < -0.4 is 61.2 Å². The van der Waals surface area contributed by atoms with E-state index in [2.05, 4.69) is 21.3 Å². The Bertz CT molecular complexity index is 2100. The average molecular weight is 915 g/mol. The van der Waals surface area contributed by atoms with Crippen LogP contribution in [0.5, 0.6) is 34.5 Å². The summed E-state index contributed by atoms with van der Waals surface area (Å²) in [5.41, 5.74) is 14.9. The van der Waals surface area contributed by atoms with Crippen molar-refractivity contribution in [3.63, 3.8) is 0 Å². The Balaban J connectivity index is 0.000000356. The van der Waals surface area contributed by atoms with Gasteiger partial charge in [-0.3, -0.25) is 19.2 Å². The van der Waals surface area contributed by atoms with Crippen molar-refractivity contribution in [3.05, 3.63) is 107 Å². The van der Waals surface area contributed by atoms with Crippen LogP contribution in [0.25, 0.3) is 0 Å². The number of hydrogen-bond acceptors (Lipinski definition) is 12. The normalized spacial score (nSPS) is 12.4. The van der Waals surface area contributed by atoms with Gasteiger partial charge in [-0.05, 0) is 112 Å². The predicted octanol–water partition coefficient (Wildman–Crippen LogP) is 5.88. The monoisotopic (exact) mass is 915 g/mol. The molecule has 16 heteroatoms. The van der Waals surface area contributed by atoms with Gasteiger partial charge >= 0.3 is 0 Å². The molecule has 4 aromatic rings. The highest BCUT2D eigenvalue weighted by Crippen LogP contribution is 2.35. The van der Waals surface area contributed by atoms with Crippen LogP contribution in [0.2, 0.25) is 0 Å². The molecule has 0 aliphatic heterocycles. The van der Waals surface area contributed by atoms with Crippen molar-refractivity contribution in [1.29, 1.82) is 0 Å². The van der Waals surface area contributed by atoms with Crippen LogP contribution in [-0.2, 0) is 19.2 Å². The number of ether oxygens (including phenoxy) is 6. The highest BCUT2D eigenvalue weighted by atomic mass is 16.5. The van der Waals surface area contributed by atoms with Gasteiger partial charge in [0.1, 0.15) is 40.5 Å². The molecule has 0 aliphatic rings. The fourth-order valence-electron chi connectivity index (χ4n) is 7.03. The van der Waals surface area contributed by atoms with Crippen molar-refractivity contribution in [1.82, 2.24) is 21.3 Å². The number of methoxy groups -OCH3 is 4. The summed E-state index contributed by atoms with van der Waals surface area (Å²) in [5, 5.41) is 11.7. The van der Waals surface area contributed by atoms with Gasteiger partial charge in [-0.25, -0.2) is 0 Å². The number of benzene rings is 4. The van der Waals surface area contributed by atoms with E-state index in [4.69, 9.17) is 39.9 Å². The molecule has 0 fully saturated rings. The minimum absolute atomic E-state index is 0.0993. The predicted molar refractivity (Wildman–Crippen MR) is 255 cm³/mol. The summed E-state index contributed by atoms with van der Waals surface area (Å²) in [6.07, 6.45) is 4.01. The van der Waals surface area contributed by atoms with Gasteiger partial charge < -0.3 is 61.2 Å². The number of carbonyl (C=O) groups is 4. The van der Waals surface area contributed by atoms with Gasteiger partial charge in [0.15, 0.2) is 0 Å². The second kappa shape index (κ2) is 29.1. The Morgan fingerprint density at radius 2 is 1.00 bits per heavy atom. The molecule has 0 saturated carbocycles. The van der Waals surface area contributed by atoms with E-state index in [1.807, 2.05) is 80.6 Å². The summed E-state index contributed by atoms with van der Waals surface area (Å²) in [4.78, 5) is 49.2. The third-order valence-corrected chi connectivity index (χ3v) is 10.4. The summed E-state index contributed by atoms with van der Waals surface area (Å²) in [6, 6.07) is 23.7. The Morgan fingerprint density at radius 1 is 0.545 bits per heavy atom. The standard InChI is InChI=1S/C27H37N3O6.C23H33N3O4/c1-6-36-21-12-10-20(11-13-21)26(23-15-14-22(34-4)17-25(23)35-5)30-27(33)24(29-19(3)32)9-7-8-16-28-18(2)31;1-4-30-17-10-8-16(9-11-17)22(26-23(27)20(25)7-5-6-14-24)19-13-12-18(28-2)15-21(19)29-3/h10-15,17,24,26H,6-9,16H2,1-5H3,(H,28,31)(H,29,32)(H,30,33);8-13,15,20,22H,4-7,14,24-25H2,1-3H3,(H,26,27). The molecule has 66 heavy (non-hydrogen) atoms. The van der Waals surface area contributed by atoms with Crippen LogP contribution in [0, 0.1) is 0 Å². The van der Waals surface area contributed by atoms with E-state index in [1.165, 1.54) is 13.8 Å². The molecule has 0 spiro atoms. The van der Waals surface area contributed by atoms with Crippen molar-refractivity contribution in [2.24, 2.45) is 11.5 Å². The Hall–Kier alpha value is -6.52. The van der Waals surface area contributed by atoms with Gasteiger partial charge in [0, 0.05) is 43.7 Å². The summed E-state index contributed by atoms with van der Waals surface area (Å²) < 4.78 is 32.9. The first kappa shape index (κ1) is 53.8. The lowest BCUT2D eigenvalue weighted by Gasteiger charge is -2.25. The summed E-state index contributed by atoms with van der Waals surface area (Å²) in [6.45, 7) is 8.93. The highest BCUT2D eigenvalue weighted by molar-refractivity contribution is 5.87. The SMILES string of the molecule is CCOc1ccc(C(NC(=O)C(CCCCNC(C)=O)NC(C)=O)c2ccc(OC)cc2OC)cc1.CCOc1ccc(C(NC(=O)C(N)CCCCN)c2ccc(OC)cc2OC)cc1. The van der Waals surface area contributed by atoms with E-state index >= 15 is 0 Å². The third kappa shape index (κ3) is 17.5. The van der Waals surface area contributed by atoms with Crippen LogP contribution in [0.3, 0.4) is 0 Å². The number of nitrogens with two attached hydrogens (primary N) is 2. The van der Waals surface area contributed by atoms with Gasteiger partial charge in [-0.2, -0.15) is 0 Å². The zero-order chi connectivity index (χ0) is 48.4. The van der Waals surface area contributed by atoms with E-state index < -0.39 is 24.2 Å². The van der Waals surface area contributed by atoms with Gasteiger partial charge in [-0.15, -0.1) is 0 Å². The summed E-state index contributed by atoms with van der Waals surface area (Å²) >= 11 is 0. The van der Waals surface area contributed by atoms with Crippen molar-refractivity contribution in [3.8, 4) is 34.5 Å². The minimum atomic E-state index is -0.728. The molecule has 360 valence electrons.